The molecule has 1 saturated heterocycles. The monoisotopic (exact) mass is 246 g/mol. The predicted molar refractivity (Wildman–Crippen MR) is 67.8 cm³/mol. The van der Waals surface area contributed by atoms with Crippen LogP contribution in [0.3, 0.4) is 0 Å². The Hall–Kier alpha value is -1.32. The Morgan fingerprint density at radius 1 is 1.22 bits per heavy atom. The van der Waals surface area contributed by atoms with E-state index in [1.807, 2.05) is 18.2 Å². The fraction of sp³-hybridized carbons (Fsp3) is 0.467. The van der Waals surface area contributed by atoms with Gasteiger partial charge >= 0.3 is 0 Å². The third-order valence-electron chi connectivity index (χ3n) is 3.64. The lowest BCUT2D eigenvalue weighted by atomic mass is 9.96. The molecule has 0 amide bonds. The summed E-state index contributed by atoms with van der Waals surface area (Å²) in [5.74, 6) is 0.358. The van der Waals surface area contributed by atoms with E-state index >= 15 is 0 Å². The molecule has 96 valence electrons. The zero-order chi connectivity index (χ0) is 12.6. The normalized spacial score (nSPS) is 29.6. The van der Waals surface area contributed by atoms with Crippen molar-refractivity contribution in [2.75, 3.05) is 6.61 Å². The van der Waals surface area contributed by atoms with Crippen molar-refractivity contribution < 1.29 is 14.2 Å². The van der Waals surface area contributed by atoms with Crippen molar-refractivity contribution in [1.29, 1.82) is 0 Å². The summed E-state index contributed by atoms with van der Waals surface area (Å²) < 4.78 is 16.8. The largest absolute Gasteiger partial charge is 0.472 e. The predicted octanol–water partition coefficient (Wildman–Crippen LogP) is 2.82. The molecule has 2 aliphatic heterocycles. The van der Waals surface area contributed by atoms with Crippen LogP contribution >= 0.6 is 0 Å². The summed E-state index contributed by atoms with van der Waals surface area (Å²) >= 11 is 0. The smallest absolute Gasteiger partial charge is 0.208 e. The van der Waals surface area contributed by atoms with Gasteiger partial charge in [0, 0.05) is 0 Å². The highest BCUT2D eigenvalue weighted by Crippen LogP contribution is 2.36. The lowest BCUT2D eigenvalue weighted by Gasteiger charge is -2.40. The van der Waals surface area contributed by atoms with Gasteiger partial charge in [0.2, 0.25) is 6.29 Å². The van der Waals surface area contributed by atoms with Crippen LogP contribution in [-0.2, 0) is 19.8 Å². The minimum absolute atomic E-state index is 0.0709. The van der Waals surface area contributed by atoms with Gasteiger partial charge in [0.15, 0.2) is 0 Å². The van der Waals surface area contributed by atoms with Gasteiger partial charge in [-0.15, -0.1) is 0 Å². The van der Waals surface area contributed by atoms with Gasteiger partial charge in [-0.3, -0.25) is 0 Å². The highest BCUT2D eigenvalue weighted by molar-refractivity contribution is 5.20. The number of hydrogen-bond acceptors (Lipinski definition) is 3. The van der Waals surface area contributed by atoms with Crippen molar-refractivity contribution in [3.63, 3.8) is 0 Å². The second kappa shape index (κ2) is 4.41. The molecule has 3 atom stereocenters. The maximum absolute atomic E-state index is 6.01. The molecule has 0 spiro atoms. The molecule has 1 fully saturated rings. The summed E-state index contributed by atoms with van der Waals surface area (Å²) in [6.07, 6.45) is 3.82. The molecule has 3 nitrogen and oxygen atoms in total. The Morgan fingerprint density at radius 2 is 2.00 bits per heavy atom. The molecular formula is C15H18O3. The Morgan fingerprint density at radius 3 is 2.72 bits per heavy atom. The lowest BCUT2D eigenvalue weighted by Crippen LogP contribution is -2.49. The minimum atomic E-state index is -0.293. The first-order chi connectivity index (χ1) is 8.67. The van der Waals surface area contributed by atoms with E-state index in [-0.39, 0.29) is 18.0 Å². The van der Waals surface area contributed by atoms with E-state index in [2.05, 4.69) is 32.1 Å². The Bertz CT molecular complexity index is 438. The molecule has 1 aromatic rings. The van der Waals surface area contributed by atoms with Crippen LogP contribution < -0.4 is 0 Å². The van der Waals surface area contributed by atoms with Gasteiger partial charge in [0.1, 0.15) is 0 Å². The Kier molecular flexibility index (Phi) is 2.88. The highest BCUT2D eigenvalue weighted by Gasteiger charge is 2.45. The molecule has 0 aromatic heterocycles. The minimum Gasteiger partial charge on any atom is -0.472 e. The van der Waals surface area contributed by atoms with Crippen molar-refractivity contribution in [3.8, 4) is 0 Å². The number of hydrogen-bond donors (Lipinski definition) is 0. The lowest BCUT2D eigenvalue weighted by molar-refractivity contribution is -0.273. The highest BCUT2D eigenvalue weighted by atomic mass is 16.7. The molecule has 0 radical (unpaired) electrons. The van der Waals surface area contributed by atoms with Crippen LogP contribution in [0.15, 0.2) is 42.7 Å². The molecule has 2 heterocycles. The van der Waals surface area contributed by atoms with Crippen molar-refractivity contribution in [2.45, 2.75) is 31.8 Å². The maximum atomic E-state index is 6.01. The molecule has 0 N–H and O–H groups in total. The van der Waals surface area contributed by atoms with Crippen LogP contribution in [0.25, 0.3) is 0 Å². The summed E-state index contributed by atoms with van der Waals surface area (Å²) in [5, 5.41) is 0. The van der Waals surface area contributed by atoms with E-state index in [0.717, 1.165) is 0 Å². The first kappa shape index (κ1) is 11.8. The zero-order valence-corrected chi connectivity index (χ0v) is 10.7. The molecule has 0 saturated carbocycles. The zero-order valence-electron chi connectivity index (χ0n) is 10.7. The van der Waals surface area contributed by atoms with Gasteiger partial charge in [0.25, 0.3) is 0 Å². The number of ether oxygens (including phenoxy) is 3. The van der Waals surface area contributed by atoms with Crippen LogP contribution in [0, 0.1) is 5.92 Å². The third-order valence-corrected chi connectivity index (χ3v) is 3.64. The van der Waals surface area contributed by atoms with Crippen LogP contribution in [0.2, 0.25) is 0 Å². The molecule has 3 heteroatoms. The molecule has 0 unspecified atom stereocenters. The second-order valence-electron chi connectivity index (χ2n) is 5.27. The van der Waals surface area contributed by atoms with Gasteiger partial charge in [-0.05, 0) is 25.5 Å². The topological polar surface area (TPSA) is 27.7 Å². The second-order valence-corrected chi connectivity index (χ2v) is 5.27. The third kappa shape index (κ3) is 2.04. The van der Waals surface area contributed by atoms with E-state index in [4.69, 9.17) is 14.2 Å². The molecule has 3 rings (SSSR count). The average molecular weight is 246 g/mol. The van der Waals surface area contributed by atoms with Crippen LogP contribution in [0.1, 0.15) is 19.4 Å². The quantitative estimate of drug-likeness (QED) is 0.817. The fourth-order valence-electron chi connectivity index (χ4n) is 2.35. The van der Waals surface area contributed by atoms with Gasteiger partial charge in [0.05, 0.1) is 30.5 Å². The van der Waals surface area contributed by atoms with Gasteiger partial charge in [-0.25, -0.2) is 0 Å². The summed E-state index contributed by atoms with van der Waals surface area (Å²) in [7, 11) is 0. The van der Waals surface area contributed by atoms with E-state index in [1.165, 1.54) is 5.56 Å². The van der Waals surface area contributed by atoms with Gasteiger partial charge in [-0.1, -0.05) is 30.3 Å². The summed E-state index contributed by atoms with van der Waals surface area (Å²) in [4.78, 5) is 0. The van der Waals surface area contributed by atoms with Crippen LogP contribution in [-0.4, -0.2) is 19.0 Å². The van der Waals surface area contributed by atoms with Gasteiger partial charge in [-0.2, -0.15) is 0 Å². The van der Waals surface area contributed by atoms with E-state index in [0.29, 0.717) is 12.5 Å². The Labute approximate surface area is 107 Å². The van der Waals surface area contributed by atoms with Crippen molar-refractivity contribution >= 4 is 0 Å². The molecule has 0 aliphatic carbocycles. The first-order valence-electron chi connectivity index (χ1n) is 6.34. The van der Waals surface area contributed by atoms with Crippen molar-refractivity contribution in [1.82, 2.24) is 0 Å². The average Bonchev–Trinajstić information content (AvgIpc) is 2.72. The molecule has 18 heavy (non-hydrogen) atoms. The summed E-state index contributed by atoms with van der Waals surface area (Å²) in [6.45, 7) is 4.76. The molecule has 2 aliphatic rings. The number of rotatable bonds is 4. The van der Waals surface area contributed by atoms with Crippen molar-refractivity contribution in [2.24, 2.45) is 5.92 Å². The maximum Gasteiger partial charge on any atom is 0.208 e. The molecular weight excluding hydrogens is 228 g/mol. The molecule has 1 aromatic carbocycles. The number of benzene rings is 1. The van der Waals surface area contributed by atoms with Gasteiger partial charge < -0.3 is 14.2 Å². The standard InChI is InChI=1S/C15H18O3/c1-15(2,11-6-4-3-5-7-11)17-10-13-12-8-9-16-14(12)18-13/h3-9,12-14H,10H2,1-2H3/t12-,13-,14+/m0/s1. The Balaban J connectivity index is 1.58. The van der Waals surface area contributed by atoms with E-state index in [1.54, 1.807) is 6.26 Å². The SMILES string of the molecule is CC(C)(OC[C@@H]1O[C@H]2OC=C[C@H]21)c1ccccc1. The number of fused-ring (bicyclic) bond motifs is 1. The van der Waals surface area contributed by atoms with E-state index in [9.17, 15) is 0 Å². The fourth-order valence-corrected chi connectivity index (χ4v) is 2.35. The van der Waals surface area contributed by atoms with E-state index < -0.39 is 0 Å². The summed E-state index contributed by atoms with van der Waals surface area (Å²) in [6, 6.07) is 10.2. The van der Waals surface area contributed by atoms with Crippen LogP contribution in [0.5, 0.6) is 0 Å². The molecule has 0 bridgehead atoms. The first-order valence-corrected chi connectivity index (χ1v) is 6.34. The van der Waals surface area contributed by atoms with Crippen LogP contribution in [0.4, 0.5) is 0 Å². The van der Waals surface area contributed by atoms with Crippen molar-refractivity contribution in [3.05, 3.63) is 48.2 Å². The summed E-state index contributed by atoms with van der Waals surface area (Å²) in [5.41, 5.74) is 0.887.